The zero-order chi connectivity index (χ0) is 40.2. The third-order valence-electron chi connectivity index (χ3n) is 7.94. The molecule has 0 saturated carbocycles. The van der Waals surface area contributed by atoms with Crippen molar-refractivity contribution in [3.63, 3.8) is 0 Å². The molecule has 8 heteroatoms. The first-order valence-corrected chi connectivity index (χ1v) is 17.7. The van der Waals surface area contributed by atoms with E-state index in [1.54, 1.807) is 28.2 Å². The minimum atomic E-state index is -1.48. The molecular weight excluding hydrogens is 697 g/mol. The highest BCUT2D eigenvalue weighted by atomic mass is 16.3. The van der Waals surface area contributed by atoms with Crippen LogP contribution in [0.4, 0.5) is 11.4 Å². The van der Waals surface area contributed by atoms with Gasteiger partial charge in [0.1, 0.15) is 0 Å². The Hall–Kier alpha value is -7.10. The molecule has 2 N–H and O–H groups in total. The summed E-state index contributed by atoms with van der Waals surface area (Å²) in [5, 5.41) is 32.4. The van der Waals surface area contributed by atoms with E-state index in [2.05, 4.69) is 33.9 Å². The van der Waals surface area contributed by atoms with Crippen LogP contribution >= 0.6 is 0 Å². The summed E-state index contributed by atoms with van der Waals surface area (Å²) < 4.78 is 0. The van der Waals surface area contributed by atoms with Crippen molar-refractivity contribution in [1.29, 1.82) is 0 Å². The number of azo groups is 1. The van der Waals surface area contributed by atoms with Crippen LogP contribution in [0.3, 0.4) is 0 Å². The van der Waals surface area contributed by atoms with E-state index in [1.165, 1.54) is 9.80 Å². The molecule has 0 aliphatic heterocycles. The van der Waals surface area contributed by atoms with Crippen LogP contribution in [-0.4, -0.2) is 61.0 Å². The topological polar surface area (TPSA) is 106 Å². The summed E-state index contributed by atoms with van der Waals surface area (Å²) >= 11 is 0. The molecule has 2 amide bonds. The van der Waals surface area contributed by atoms with E-state index >= 15 is 0 Å². The number of benzene rings is 6. The second-order valence-corrected chi connectivity index (χ2v) is 12.8. The van der Waals surface area contributed by atoms with Gasteiger partial charge in [0.05, 0.1) is 11.4 Å². The van der Waals surface area contributed by atoms with E-state index in [4.69, 9.17) is 0 Å². The van der Waals surface area contributed by atoms with Crippen LogP contribution in [0.25, 0.3) is 0 Å². The predicted molar refractivity (Wildman–Crippen MR) is 222 cm³/mol. The molecule has 0 aliphatic rings. The van der Waals surface area contributed by atoms with Crippen LogP contribution in [0.15, 0.2) is 180 Å². The van der Waals surface area contributed by atoms with Crippen molar-refractivity contribution >= 4 is 24.2 Å². The third-order valence-corrected chi connectivity index (χ3v) is 7.94. The minimum absolute atomic E-state index is 0.619. The lowest BCUT2D eigenvalue weighted by atomic mass is 9.86. The van der Waals surface area contributed by atoms with Gasteiger partial charge in [0.15, 0.2) is 11.2 Å². The summed E-state index contributed by atoms with van der Waals surface area (Å²) in [6.07, 6.45) is 1.50. The van der Waals surface area contributed by atoms with Crippen LogP contribution in [0.1, 0.15) is 33.4 Å². The van der Waals surface area contributed by atoms with Crippen molar-refractivity contribution < 1.29 is 19.8 Å². The molecule has 0 aromatic heterocycles. The van der Waals surface area contributed by atoms with Gasteiger partial charge in [-0.3, -0.25) is 9.59 Å². The first kappa shape index (κ1) is 41.7. The first-order valence-electron chi connectivity index (χ1n) is 17.7. The van der Waals surface area contributed by atoms with Gasteiger partial charge < -0.3 is 20.0 Å². The molecule has 0 unspecified atom stereocenters. The molecular formula is C48H44N4O4. The molecule has 0 radical (unpaired) electrons. The average Bonchev–Trinajstić information content (AvgIpc) is 3.26. The van der Waals surface area contributed by atoms with Crippen LogP contribution < -0.4 is 0 Å². The van der Waals surface area contributed by atoms with Gasteiger partial charge in [0, 0.05) is 61.6 Å². The van der Waals surface area contributed by atoms with Gasteiger partial charge in [0.25, 0.3) is 0 Å². The lowest BCUT2D eigenvalue weighted by Gasteiger charge is -2.23. The summed E-state index contributed by atoms with van der Waals surface area (Å²) in [4.78, 5) is 21.8. The maximum atomic E-state index is 11.7. The number of hydrogen-bond acceptors (Lipinski definition) is 6. The Labute approximate surface area is 329 Å². The number of amides is 2. The number of nitrogens with zero attached hydrogens (tertiary/aromatic N) is 4. The van der Waals surface area contributed by atoms with E-state index in [9.17, 15) is 19.8 Å². The Kier molecular flexibility index (Phi) is 15.6. The zero-order valence-corrected chi connectivity index (χ0v) is 31.8. The van der Waals surface area contributed by atoms with Gasteiger partial charge in [0.2, 0.25) is 12.8 Å². The number of hydrogen-bond donors (Lipinski definition) is 2. The molecule has 0 aliphatic carbocycles. The minimum Gasteiger partial charge on any atom is -0.369 e. The normalized spacial score (nSPS) is 10.5. The van der Waals surface area contributed by atoms with Crippen molar-refractivity contribution in [2.24, 2.45) is 10.2 Å². The monoisotopic (exact) mass is 740 g/mol. The summed E-state index contributed by atoms with van der Waals surface area (Å²) in [5.74, 6) is 12.5. The number of carbonyl (C=O) groups is 2. The molecule has 6 aromatic rings. The fraction of sp³-hybridized carbons (Fsp3) is 0.125. The van der Waals surface area contributed by atoms with E-state index in [-0.39, 0.29) is 0 Å². The SMILES string of the molecule is CN(C)C=O.CN(C)C=O.OC(C#Cc1cccc(N=Nc2cccc(C#CC(O)(c3ccccc3)c3ccccc3)c2)c1)(c1ccccc1)c1ccccc1. The maximum absolute atomic E-state index is 11.7. The molecule has 0 heterocycles. The molecule has 0 fully saturated rings. The van der Waals surface area contributed by atoms with Crippen LogP contribution in [0, 0.1) is 23.7 Å². The fourth-order valence-corrected chi connectivity index (χ4v) is 5.07. The van der Waals surface area contributed by atoms with Crippen molar-refractivity contribution in [1.82, 2.24) is 9.80 Å². The van der Waals surface area contributed by atoms with E-state index in [1.807, 2.05) is 170 Å². The highest BCUT2D eigenvalue weighted by Crippen LogP contribution is 2.30. The first-order chi connectivity index (χ1) is 27.1. The molecule has 8 nitrogen and oxygen atoms in total. The van der Waals surface area contributed by atoms with Crippen LogP contribution in [0.5, 0.6) is 0 Å². The summed E-state index contributed by atoms with van der Waals surface area (Å²) in [6, 6.07) is 52.5. The highest BCUT2D eigenvalue weighted by molar-refractivity contribution is 5.53. The van der Waals surface area contributed by atoms with E-state index in [0.717, 1.165) is 12.8 Å². The molecule has 0 atom stereocenters. The average molecular weight is 741 g/mol. The molecule has 0 saturated heterocycles. The van der Waals surface area contributed by atoms with Crippen molar-refractivity contribution in [3.05, 3.63) is 203 Å². The third kappa shape index (κ3) is 12.2. The van der Waals surface area contributed by atoms with Crippen molar-refractivity contribution in [2.45, 2.75) is 11.2 Å². The Bertz CT molecular complexity index is 2050. The Morgan fingerprint density at radius 3 is 0.964 bits per heavy atom. The molecule has 0 bridgehead atoms. The fourth-order valence-electron chi connectivity index (χ4n) is 5.07. The second-order valence-electron chi connectivity index (χ2n) is 12.8. The predicted octanol–water partition coefficient (Wildman–Crippen LogP) is 8.09. The number of carbonyl (C=O) groups excluding carboxylic acids is 2. The van der Waals surface area contributed by atoms with E-state index < -0.39 is 11.2 Å². The molecule has 0 spiro atoms. The molecule has 56 heavy (non-hydrogen) atoms. The lowest BCUT2D eigenvalue weighted by Crippen LogP contribution is -2.25. The van der Waals surface area contributed by atoms with Gasteiger partial charge in [-0.2, -0.15) is 10.2 Å². The quantitative estimate of drug-likeness (QED) is 0.0935. The van der Waals surface area contributed by atoms with Gasteiger partial charge in [-0.25, -0.2) is 0 Å². The Morgan fingerprint density at radius 2 is 0.714 bits per heavy atom. The second kappa shape index (κ2) is 21.0. The number of aliphatic hydroxyl groups is 2. The molecule has 6 rings (SSSR count). The van der Waals surface area contributed by atoms with Crippen LogP contribution in [0.2, 0.25) is 0 Å². The van der Waals surface area contributed by atoms with Gasteiger partial charge in [-0.1, -0.05) is 157 Å². The summed E-state index contributed by atoms with van der Waals surface area (Å²) in [7, 11) is 6.75. The molecule has 280 valence electrons. The molecule has 6 aromatic carbocycles. The van der Waals surface area contributed by atoms with Gasteiger partial charge in [-0.05, 0) is 36.4 Å². The Balaban J connectivity index is 0.000000620. The largest absolute Gasteiger partial charge is 0.369 e. The van der Waals surface area contributed by atoms with Crippen molar-refractivity contribution in [3.8, 4) is 23.7 Å². The zero-order valence-electron chi connectivity index (χ0n) is 31.8. The standard InChI is InChI=1S/C42H30N2O2.2C3H7NO/c45-41(35-17-5-1-6-18-35,36-19-7-2-8-20-36)29-27-33-15-13-25-39(31-33)43-44-40-26-14-16-34(32-40)28-30-42(46,37-21-9-3-10-22-37)38-23-11-4-12-24-38;2*1-4(2)3-5/h1-26,31-32,45-46H;2*3H,1-2H3. The van der Waals surface area contributed by atoms with E-state index in [0.29, 0.717) is 44.8 Å². The summed E-state index contributed by atoms with van der Waals surface area (Å²) in [5.41, 5.74) is 2.45. The smallest absolute Gasteiger partial charge is 0.209 e. The maximum Gasteiger partial charge on any atom is 0.209 e. The number of rotatable bonds is 8. The highest BCUT2D eigenvalue weighted by Gasteiger charge is 2.30. The summed E-state index contributed by atoms with van der Waals surface area (Å²) in [6.45, 7) is 0. The van der Waals surface area contributed by atoms with Gasteiger partial charge >= 0.3 is 0 Å². The van der Waals surface area contributed by atoms with Crippen molar-refractivity contribution in [2.75, 3.05) is 28.2 Å². The lowest BCUT2D eigenvalue weighted by molar-refractivity contribution is -0.116. The van der Waals surface area contributed by atoms with Gasteiger partial charge in [-0.15, -0.1) is 0 Å². The van der Waals surface area contributed by atoms with Crippen LogP contribution in [-0.2, 0) is 20.8 Å². The Morgan fingerprint density at radius 1 is 0.446 bits per heavy atom.